The number of rotatable bonds is 7. The minimum Gasteiger partial charge on any atom is -0.497 e. The molecule has 0 radical (unpaired) electrons. The molecular weight excluding hydrogens is 557 g/mol. The van der Waals surface area contributed by atoms with Crippen molar-refractivity contribution in [2.75, 3.05) is 38.4 Å². The van der Waals surface area contributed by atoms with Crippen molar-refractivity contribution in [2.24, 2.45) is 0 Å². The van der Waals surface area contributed by atoms with Gasteiger partial charge in [-0.05, 0) is 48.2 Å². The summed E-state index contributed by atoms with van der Waals surface area (Å²) in [5, 5.41) is 5.89. The van der Waals surface area contributed by atoms with Crippen LogP contribution in [0, 0.1) is 0 Å². The molecule has 2 heterocycles. The topological polar surface area (TPSA) is 95.6 Å². The van der Waals surface area contributed by atoms with Crippen LogP contribution in [0.4, 0.5) is 18.9 Å². The number of anilines is 1. The molecule has 1 unspecified atom stereocenters. The van der Waals surface area contributed by atoms with Crippen molar-refractivity contribution in [3.63, 3.8) is 0 Å². The number of alkyl halides is 3. The maximum atomic E-state index is 13.9. The van der Waals surface area contributed by atoms with Gasteiger partial charge in [0.15, 0.2) is 5.69 Å². The monoisotopic (exact) mass is 590 g/mol. The number of carbonyl (C=O) groups excluding carboxylic acids is 1. The molecule has 1 atom stereocenters. The van der Waals surface area contributed by atoms with Crippen LogP contribution in [0.15, 0.2) is 48.5 Å². The van der Waals surface area contributed by atoms with E-state index in [2.05, 4.69) is 10.2 Å². The number of hydrogen-bond donors (Lipinski definition) is 1. The molecule has 1 fully saturated rings. The van der Waals surface area contributed by atoms with E-state index in [1.165, 1.54) is 22.6 Å². The number of methoxy groups -OCH3 is 1. The van der Waals surface area contributed by atoms with Crippen LogP contribution in [0.1, 0.15) is 70.9 Å². The second kappa shape index (κ2) is 10.8. The van der Waals surface area contributed by atoms with E-state index in [-0.39, 0.29) is 23.2 Å². The first-order valence-corrected chi connectivity index (χ1v) is 15.3. The highest BCUT2D eigenvalue weighted by molar-refractivity contribution is 7.88. The Kier molecular flexibility index (Phi) is 7.66. The van der Waals surface area contributed by atoms with Crippen molar-refractivity contribution in [3.8, 4) is 5.75 Å². The van der Waals surface area contributed by atoms with Gasteiger partial charge in [-0.1, -0.05) is 43.5 Å². The summed E-state index contributed by atoms with van der Waals surface area (Å²) in [5.41, 5.74) is 0.305. The van der Waals surface area contributed by atoms with E-state index in [0.717, 1.165) is 37.7 Å². The fourth-order valence-electron chi connectivity index (χ4n) is 6.19. The number of hydrogen-bond acceptors (Lipinski definition) is 5. The summed E-state index contributed by atoms with van der Waals surface area (Å²) in [5.74, 6) is -0.833. The van der Waals surface area contributed by atoms with E-state index in [1.54, 1.807) is 43.4 Å². The molecular formula is C29H33F3N4O4S. The Bertz CT molecular complexity index is 1510. The average molecular weight is 591 g/mol. The van der Waals surface area contributed by atoms with Gasteiger partial charge in [0, 0.05) is 42.7 Å². The van der Waals surface area contributed by atoms with Crippen LogP contribution in [0.3, 0.4) is 0 Å². The number of H-pyrrole nitrogens is 1. The van der Waals surface area contributed by atoms with Crippen molar-refractivity contribution in [1.82, 2.24) is 14.5 Å². The first kappa shape index (κ1) is 29.1. The number of ether oxygens (including phenoxy) is 1. The Labute approximate surface area is 237 Å². The van der Waals surface area contributed by atoms with Crippen molar-refractivity contribution in [3.05, 3.63) is 76.6 Å². The highest BCUT2D eigenvalue weighted by Gasteiger charge is 2.45. The SMILES string of the molecule is COc1ccc(C2CN(c3ccc(C4(CN(C)S(C)(=O)=O)CCCCC4)cc3)C(=O)c3n[nH]c(C(F)(F)F)c32)cc1. The molecule has 1 saturated carbocycles. The van der Waals surface area contributed by atoms with Gasteiger partial charge in [0.05, 0.1) is 13.4 Å². The maximum absolute atomic E-state index is 13.9. The summed E-state index contributed by atoms with van der Waals surface area (Å²) in [6.07, 6.45) is 1.22. The Morgan fingerprint density at radius 2 is 1.71 bits per heavy atom. The number of likely N-dealkylation sites (N-methyl/N-ethyl adjacent to an activating group) is 1. The fourth-order valence-corrected chi connectivity index (χ4v) is 6.67. The third-order valence-electron chi connectivity index (χ3n) is 8.46. The highest BCUT2D eigenvalue weighted by Crippen LogP contribution is 2.44. The van der Waals surface area contributed by atoms with Gasteiger partial charge in [-0.25, -0.2) is 12.7 Å². The highest BCUT2D eigenvalue weighted by atomic mass is 32.2. The molecule has 2 aliphatic rings. The van der Waals surface area contributed by atoms with Crippen molar-refractivity contribution < 1.29 is 31.1 Å². The maximum Gasteiger partial charge on any atom is 0.433 e. The van der Waals surface area contributed by atoms with E-state index in [9.17, 15) is 26.4 Å². The number of aromatic amines is 1. The van der Waals surface area contributed by atoms with Gasteiger partial charge in [0.2, 0.25) is 10.0 Å². The van der Waals surface area contributed by atoms with Gasteiger partial charge in [-0.3, -0.25) is 9.89 Å². The summed E-state index contributed by atoms with van der Waals surface area (Å²) < 4.78 is 72.8. The lowest BCUT2D eigenvalue weighted by Gasteiger charge is -2.40. The molecule has 0 spiro atoms. The zero-order valence-corrected chi connectivity index (χ0v) is 24.0. The number of aromatic nitrogens is 2. The number of sulfonamides is 1. The van der Waals surface area contributed by atoms with E-state index in [4.69, 9.17) is 4.74 Å². The molecule has 2 aromatic carbocycles. The Balaban J connectivity index is 1.52. The van der Waals surface area contributed by atoms with Crippen LogP contribution in [-0.4, -0.2) is 62.3 Å². The van der Waals surface area contributed by atoms with Gasteiger partial charge in [-0.15, -0.1) is 0 Å². The summed E-state index contributed by atoms with van der Waals surface area (Å²) in [4.78, 5) is 15.0. The normalized spacial score (nSPS) is 19.3. The van der Waals surface area contributed by atoms with Gasteiger partial charge in [-0.2, -0.15) is 18.3 Å². The third kappa shape index (κ3) is 5.59. The largest absolute Gasteiger partial charge is 0.497 e. The fraction of sp³-hybridized carbons (Fsp3) is 0.448. The van der Waals surface area contributed by atoms with E-state index in [0.29, 0.717) is 23.5 Å². The second-order valence-electron chi connectivity index (χ2n) is 11.0. The second-order valence-corrected chi connectivity index (χ2v) is 13.1. The summed E-state index contributed by atoms with van der Waals surface area (Å²) in [7, 11) is -0.280. The summed E-state index contributed by atoms with van der Waals surface area (Å²) in [6, 6.07) is 14.1. The predicted octanol–water partition coefficient (Wildman–Crippen LogP) is 5.32. The van der Waals surface area contributed by atoms with Crippen LogP contribution in [-0.2, 0) is 21.6 Å². The summed E-state index contributed by atoms with van der Waals surface area (Å²) in [6.45, 7) is 0.340. The molecule has 1 aliphatic carbocycles. The summed E-state index contributed by atoms with van der Waals surface area (Å²) >= 11 is 0. The Hall–Kier alpha value is -3.38. The lowest BCUT2D eigenvalue weighted by molar-refractivity contribution is -0.141. The predicted molar refractivity (Wildman–Crippen MR) is 149 cm³/mol. The number of amides is 1. The van der Waals surface area contributed by atoms with Crippen LogP contribution in [0.25, 0.3) is 0 Å². The molecule has 3 aromatic rings. The number of benzene rings is 2. The van der Waals surface area contributed by atoms with E-state index >= 15 is 0 Å². The van der Waals surface area contributed by atoms with Gasteiger partial charge in [0.1, 0.15) is 11.4 Å². The number of carbonyl (C=O) groups is 1. The molecule has 12 heteroatoms. The molecule has 1 aromatic heterocycles. The molecule has 0 bridgehead atoms. The zero-order valence-electron chi connectivity index (χ0n) is 23.2. The zero-order chi connectivity index (χ0) is 29.6. The number of fused-ring (bicyclic) bond motifs is 1. The molecule has 1 aliphatic heterocycles. The quantitative estimate of drug-likeness (QED) is 0.402. The first-order chi connectivity index (χ1) is 19.3. The lowest BCUT2D eigenvalue weighted by atomic mass is 9.69. The first-order valence-electron chi connectivity index (χ1n) is 13.5. The van der Waals surface area contributed by atoms with Gasteiger partial charge >= 0.3 is 6.18 Å². The number of nitrogens with zero attached hydrogens (tertiary/aromatic N) is 3. The average Bonchev–Trinajstić information content (AvgIpc) is 3.40. The molecule has 5 rings (SSSR count). The van der Waals surface area contributed by atoms with Crippen LogP contribution in [0.5, 0.6) is 5.75 Å². The Morgan fingerprint density at radius 3 is 2.27 bits per heavy atom. The minimum absolute atomic E-state index is 0.0118. The van der Waals surface area contributed by atoms with E-state index < -0.39 is 33.7 Å². The van der Waals surface area contributed by atoms with Crippen LogP contribution < -0.4 is 9.64 Å². The van der Waals surface area contributed by atoms with Gasteiger partial charge in [0.25, 0.3) is 5.91 Å². The lowest BCUT2D eigenvalue weighted by Crippen LogP contribution is -2.43. The third-order valence-corrected chi connectivity index (χ3v) is 9.72. The standard InChI is InChI=1S/C29H33F3N4O4S/c1-35(41(3,38)39)18-28(15-5-4-6-16-28)20-9-11-21(12-10-20)36-17-23(19-7-13-22(40-2)14-8-19)24-25(27(36)37)33-34-26(24)29(30,31)32/h7-14,23H,4-6,15-18H2,1-3H3,(H,33,34). The van der Waals surface area contributed by atoms with Crippen LogP contribution >= 0.6 is 0 Å². The number of nitrogens with one attached hydrogen (secondary N) is 1. The molecule has 1 amide bonds. The molecule has 41 heavy (non-hydrogen) atoms. The van der Waals surface area contributed by atoms with Crippen LogP contribution in [0.2, 0.25) is 0 Å². The molecule has 1 N–H and O–H groups in total. The smallest absolute Gasteiger partial charge is 0.433 e. The molecule has 220 valence electrons. The minimum atomic E-state index is -4.71. The van der Waals surface area contributed by atoms with Crippen molar-refractivity contribution in [2.45, 2.75) is 49.6 Å². The van der Waals surface area contributed by atoms with Crippen molar-refractivity contribution in [1.29, 1.82) is 0 Å². The number of halogens is 3. The van der Waals surface area contributed by atoms with Gasteiger partial charge < -0.3 is 9.64 Å². The Morgan fingerprint density at radius 1 is 1.07 bits per heavy atom. The van der Waals surface area contributed by atoms with Crippen molar-refractivity contribution >= 4 is 21.6 Å². The molecule has 0 saturated heterocycles. The molecule has 8 nitrogen and oxygen atoms in total. The van der Waals surface area contributed by atoms with E-state index in [1.807, 2.05) is 12.1 Å².